The normalized spacial score (nSPS) is 10.8. The van der Waals surface area contributed by atoms with Gasteiger partial charge in [0, 0.05) is 11.1 Å². The lowest BCUT2D eigenvalue weighted by atomic mass is 10.1. The van der Waals surface area contributed by atoms with Gasteiger partial charge in [0.1, 0.15) is 0 Å². The molecule has 112 valence electrons. The average molecular weight is 302 g/mol. The van der Waals surface area contributed by atoms with Crippen LogP contribution in [0.5, 0.6) is 0 Å². The summed E-state index contributed by atoms with van der Waals surface area (Å²) in [6.45, 7) is 1.48. The number of nitrogens with one attached hydrogen (secondary N) is 1. The topological polar surface area (TPSA) is 134 Å². The van der Waals surface area contributed by atoms with E-state index in [4.69, 9.17) is 5.11 Å². The number of aromatic nitrogens is 4. The van der Waals surface area contributed by atoms with Crippen molar-refractivity contribution in [1.29, 1.82) is 0 Å². The fraction of sp³-hybridized carbons (Fsp3) is 0.0769. The van der Waals surface area contributed by atoms with Gasteiger partial charge in [-0.25, -0.2) is 14.6 Å². The van der Waals surface area contributed by atoms with E-state index >= 15 is 0 Å². The first-order valence-corrected chi connectivity index (χ1v) is 6.16. The molecule has 9 heteroatoms. The Morgan fingerprint density at radius 3 is 2.68 bits per heavy atom. The minimum absolute atomic E-state index is 0.0718. The van der Waals surface area contributed by atoms with Gasteiger partial charge in [0.15, 0.2) is 17.3 Å². The third-order valence-corrected chi connectivity index (χ3v) is 3.07. The molecule has 1 aromatic carbocycles. The van der Waals surface area contributed by atoms with Crippen LogP contribution in [0.3, 0.4) is 0 Å². The van der Waals surface area contributed by atoms with E-state index in [1.807, 2.05) is 0 Å². The predicted octanol–water partition coefficient (Wildman–Crippen LogP) is 1.14. The van der Waals surface area contributed by atoms with Gasteiger partial charge >= 0.3 is 11.7 Å². The summed E-state index contributed by atoms with van der Waals surface area (Å²) >= 11 is 0. The molecule has 0 atom stereocenters. The Morgan fingerprint density at radius 1 is 1.36 bits per heavy atom. The van der Waals surface area contributed by atoms with Crippen molar-refractivity contribution in [1.82, 2.24) is 19.9 Å². The lowest BCUT2D eigenvalue weighted by Crippen LogP contribution is -2.07. The summed E-state index contributed by atoms with van der Waals surface area (Å²) in [5.41, 5.74) is 0.862. The zero-order valence-electron chi connectivity index (χ0n) is 11.3. The van der Waals surface area contributed by atoms with Crippen LogP contribution in [0.15, 0.2) is 33.6 Å². The number of aromatic carboxylic acids is 1. The fourth-order valence-corrected chi connectivity index (χ4v) is 2.11. The van der Waals surface area contributed by atoms with E-state index < -0.39 is 11.7 Å². The van der Waals surface area contributed by atoms with Crippen molar-refractivity contribution in [3.63, 3.8) is 0 Å². The van der Waals surface area contributed by atoms with Crippen LogP contribution >= 0.6 is 0 Å². The summed E-state index contributed by atoms with van der Waals surface area (Å²) in [5, 5.41) is 22.6. The van der Waals surface area contributed by atoms with Crippen molar-refractivity contribution in [3.05, 3.63) is 46.2 Å². The van der Waals surface area contributed by atoms with Crippen molar-refractivity contribution < 1.29 is 19.6 Å². The first-order valence-electron chi connectivity index (χ1n) is 6.16. The molecule has 3 aromatic rings. The van der Waals surface area contributed by atoms with Gasteiger partial charge in [0.2, 0.25) is 0 Å². The Kier molecular flexibility index (Phi) is 3.02. The van der Waals surface area contributed by atoms with Crippen LogP contribution in [0.1, 0.15) is 16.2 Å². The first-order chi connectivity index (χ1) is 10.5. The van der Waals surface area contributed by atoms with Crippen LogP contribution in [-0.2, 0) is 0 Å². The van der Waals surface area contributed by atoms with Gasteiger partial charge < -0.3 is 10.3 Å². The molecule has 2 aromatic heterocycles. The van der Waals surface area contributed by atoms with E-state index in [0.29, 0.717) is 15.9 Å². The lowest BCUT2D eigenvalue weighted by Gasteiger charge is -2.03. The van der Waals surface area contributed by atoms with Gasteiger partial charge in [-0.05, 0) is 13.0 Å². The van der Waals surface area contributed by atoms with Crippen molar-refractivity contribution in [2.75, 3.05) is 0 Å². The first kappa shape index (κ1) is 13.6. The van der Waals surface area contributed by atoms with E-state index in [-0.39, 0.29) is 23.0 Å². The van der Waals surface area contributed by atoms with E-state index in [1.54, 1.807) is 24.3 Å². The van der Waals surface area contributed by atoms with Gasteiger partial charge in [0.05, 0.1) is 5.69 Å². The molecule has 3 N–H and O–H groups in total. The summed E-state index contributed by atoms with van der Waals surface area (Å²) in [6, 6.07) is 6.56. The maximum atomic E-state index is 11.1. The highest BCUT2D eigenvalue weighted by atomic mass is 16.5. The van der Waals surface area contributed by atoms with Crippen LogP contribution in [0.2, 0.25) is 0 Å². The minimum Gasteiger partial charge on any atom is -0.476 e. The zero-order chi connectivity index (χ0) is 15.9. The lowest BCUT2D eigenvalue weighted by molar-refractivity contribution is 0.0645. The maximum Gasteiger partial charge on any atom is 0.439 e. The molecular weight excluding hydrogens is 292 g/mol. The third-order valence-electron chi connectivity index (χ3n) is 3.07. The number of carbonyl (C=O) groups is 1. The summed E-state index contributed by atoms with van der Waals surface area (Å²) in [5.74, 6) is -1.68. The number of aryl methyl sites for hydroxylation is 1. The predicted molar refractivity (Wildman–Crippen MR) is 72.7 cm³/mol. The molecule has 0 fully saturated rings. The highest BCUT2D eigenvalue weighted by Gasteiger charge is 2.21. The molecule has 22 heavy (non-hydrogen) atoms. The number of nitrogens with zero attached hydrogens (tertiary/aromatic N) is 3. The molecule has 2 heterocycles. The standard InChI is InChI=1S/C13H10N4O5/c1-6-9(12(18)19)17(21)11(14-6)8-4-2-3-7(5-8)10-15-13(20)22-16-10/h2-5,21H,1H3,(H,18,19)(H,15,16,20). The monoisotopic (exact) mass is 302 g/mol. The summed E-state index contributed by atoms with van der Waals surface area (Å²) in [4.78, 5) is 28.5. The zero-order valence-corrected chi connectivity index (χ0v) is 11.3. The van der Waals surface area contributed by atoms with Crippen LogP contribution in [0, 0.1) is 6.92 Å². The van der Waals surface area contributed by atoms with Crippen molar-refractivity contribution in [2.24, 2.45) is 0 Å². The second-order valence-electron chi connectivity index (χ2n) is 4.51. The quantitative estimate of drug-likeness (QED) is 0.617. The molecule has 0 spiro atoms. The fourth-order valence-electron chi connectivity index (χ4n) is 2.11. The highest BCUT2D eigenvalue weighted by molar-refractivity contribution is 5.88. The number of benzene rings is 1. The van der Waals surface area contributed by atoms with E-state index in [9.17, 15) is 14.8 Å². The Bertz CT molecular complexity index is 921. The largest absolute Gasteiger partial charge is 0.476 e. The molecule has 0 amide bonds. The van der Waals surface area contributed by atoms with Crippen molar-refractivity contribution in [2.45, 2.75) is 6.92 Å². The summed E-state index contributed by atoms with van der Waals surface area (Å²) in [6.07, 6.45) is 0. The van der Waals surface area contributed by atoms with Crippen LogP contribution in [0.4, 0.5) is 0 Å². The Morgan fingerprint density at radius 2 is 2.09 bits per heavy atom. The average Bonchev–Trinajstić information content (AvgIpc) is 3.03. The highest BCUT2D eigenvalue weighted by Crippen LogP contribution is 2.25. The van der Waals surface area contributed by atoms with Crippen LogP contribution < -0.4 is 5.76 Å². The molecule has 0 unspecified atom stereocenters. The van der Waals surface area contributed by atoms with Gasteiger partial charge in [-0.3, -0.25) is 9.51 Å². The van der Waals surface area contributed by atoms with Gasteiger partial charge in [-0.2, -0.15) is 4.73 Å². The number of imidazole rings is 1. The van der Waals surface area contributed by atoms with Crippen molar-refractivity contribution in [3.8, 4) is 22.8 Å². The van der Waals surface area contributed by atoms with E-state index in [1.165, 1.54) is 6.92 Å². The molecule has 0 aliphatic rings. The second-order valence-corrected chi connectivity index (χ2v) is 4.51. The number of carboxylic acids is 1. The molecular formula is C13H10N4O5. The van der Waals surface area contributed by atoms with Gasteiger partial charge in [0.25, 0.3) is 0 Å². The summed E-state index contributed by atoms with van der Waals surface area (Å²) in [7, 11) is 0. The third kappa shape index (κ3) is 2.14. The number of aromatic amines is 1. The number of hydrogen-bond acceptors (Lipinski definition) is 6. The van der Waals surface area contributed by atoms with E-state index in [2.05, 4.69) is 19.6 Å². The SMILES string of the molecule is Cc1nc(-c2cccc(-c3noc(=O)[nH]3)c2)n(O)c1C(=O)O. The number of hydrogen-bond donors (Lipinski definition) is 3. The molecule has 0 aliphatic heterocycles. The second kappa shape index (κ2) is 4.88. The number of H-pyrrole nitrogens is 1. The minimum atomic E-state index is -1.28. The van der Waals surface area contributed by atoms with Crippen molar-refractivity contribution >= 4 is 5.97 Å². The Balaban J connectivity index is 2.12. The Hall–Kier alpha value is -3.36. The van der Waals surface area contributed by atoms with Crippen LogP contribution in [-0.4, -0.2) is 36.1 Å². The molecule has 0 saturated heterocycles. The van der Waals surface area contributed by atoms with Gasteiger partial charge in [-0.1, -0.05) is 23.4 Å². The van der Waals surface area contributed by atoms with Gasteiger partial charge in [-0.15, -0.1) is 0 Å². The molecule has 0 saturated carbocycles. The maximum absolute atomic E-state index is 11.1. The number of rotatable bonds is 3. The smallest absolute Gasteiger partial charge is 0.439 e. The molecule has 3 rings (SSSR count). The molecule has 9 nitrogen and oxygen atoms in total. The number of carboxylic acid groups (broad SMARTS) is 1. The Labute approximate surface area is 122 Å². The summed E-state index contributed by atoms with van der Waals surface area (Å²) < 4.78 is 4.95. The molecule has 0 aliphatic carbocycles. The molecule has 0 bridgehead atoms. The van der Waals surface area contributed by atoms with E-state index in [0.717, 1.165) is 0 Å². The molecule has 0 radical (unpaired) electrons. The van der Waals surface area contributed by atoms with Crippen LogP contribution in [0.25, 0.3) is 22.8 Å².